The molecule has 0 heterocycles. The van der Waals surface area contributed by atoms with Gasteiger partial charge in [0.05, 0.1) is 6.10 Å². The van der Waals surface area contributed by atoms with Gasteiger partial charge in [-0.3, -0.25) is 0 Å². The van der Waals surface area contributed by atoms with Crippen molar-refractivity contribution in [1.82, 2.24) is 0 Å². The maximum atomic E-state index is 11.5. The number of carbonyl (C=O) groups is 1. The van der Waals surface area contributed by atoms with Crippen LogP contribution in [0.5, 0.6) is 0 Å². The van der Waals surface area contributed by atoms with E-state index in [4.69, 9.17) is 10.5 Å². The van der Waals surface area contributed by atoms with Gasteiger partial charge >= 0.3 is 5.97 Å². The monoisotopic (exact) mass is 279 g/mol. The molecule has 18 heavy (non-hydrogen) atoms. The minimum absolute atomic E-state index is 0. The van der Waals surface area contributed by atoms with E-state index >= 15 is 0 Å². The molecule has 0 spiro atoms. The lowest BCUT2D eigenvalue weighted by molar-refractivity contribution is -0.158. The summed E-state index contributed by atoms with van der Waals surface area (Å²) in [6.07, 6.45) is 5.43. The smallest absolute Gasteiger partial charge is 0.336 e. The minimum Gasteiger partial charge on any atom is -0.461 e. The highest BCUT2D eigenvalue weighted by atomic mass is 35.5. The van der Waals surface area contributed by atoms with Crippen LogP contribution in [0, 0.1) is 5.92 Å². The van der Waals surface area contributed by atoms with Gasteiger partial charge < -0.3 is 15.6 Å². The van der Waals surface area contributed by atoms with Crippen molar-refractivity contribution in [2.45, 2.75) is 70.6 Å². The van der Waals surface area contributed by atoms with Crippen LogP contribution in [-0.4, -0.2) is 29.3 Å². The highest BCUT2D eigenvalue weighted by Gasteiger charge is 2.28. The van der Waals surface area contributed by atoms with Crippen LogP contribution in [-0.2, 0) is 9.53 Å². The average Bonchev–Trinajstić information content (AvgIpc) is 2.28. The van der Waals surface area contributed by atoms with E-state index in [2.05, 4.69) is 0 Å². The molecule has 0 bridgehead atoms. The van der Waals surface area contributed by atoms with Gasteiger partial charge in [-0.25, -0.2) is 4.79 Å². The van der Waals surface area contributed by atoms with Crippen LogP contribution in [0.1, 0.15) is 52.4 Å². The Morgan fingerprint density at radius 2 is 1.89 bits per heavy atom. The normalized spacial score (nSPS) is 20.1. The zero-order valence-corrected chi connectivity index (χ0v) is 12.1. The first kappa shape index (κ1) is 17.7. The molecule has 3 N–H and O–H groups in total. The number of halogens is 1. The molecule has 4 nitrogen and oxygen atoms in total. The molecule has 0 unspecified atom stereocenters. The van der Waals surface area contributed by atoms with E-state index in [1.54, 1.807) is 13.8 Å². The number of ether oxygens (including phenoxy) is 1. The summed E-state index contributed by atoms with van der Waals surface area (Å²) in [4.78, 5) is 11.5. The molecule has 0 saturated heterocycles. The van der Waals surface area contributed by atoms with Gasteiger partial charge in [0.2, 0.25) is 0 Å². The number of hydrogen-bond acceptors (Lipinski definition) is 4. The van der Waals surface area contributed by atoms with E-state index in [0.717, 1.165) is 0 Å². The quantitative estimate of drug-likeness (QED) is 0.755. The number of esters is 1. The molecule has 5 heteroatoms. The number of hydrogen-bond donors (Lipinski definition) is 2. The first-order valence-corrected chi connectivity index (χ1v) is 6.65. The van der Waals surface area contributed by atoms with Crippen LogP contribution in [0.25, 0.3) is 0 Å². The largest absolute Gasteiger partial charge is 0.461 e. The van der Waals surface area contributed by atoms with Gasteiger partial charge in [0.15, 0.2) is 6.10 Å². The molecular weight excluding hydrogens is 254 g/mol. The number of carbonyl (C=O) groups excluding carboxylic acids is 1. The molecule has 1 rings (SSSR count). The molecule has 0 aromatic rings. The van der Waals surface area contributed by atoms with Gasteiger partial charge in [0, 0.05) is 6.04 Å². The second kappa shape index (κ2) is 8.73. The zero-order chi connectivity index (χ0) is 12.8. The Morgan fingerprint density at radius 1 is 1.33 bits per heavy atom. The van der Waals surface area contributed by atoms with Crippen LogP contribution >= 0.6 is 12.4 Å². The average molecular weight is 280 g/mol. The summed E-state index contributed by atoms with van der Waals surface area (Å²) >= 11 is 0. The molecule has 108 valence electrons. The van der Waals surface area contributed by atoms with Gasteiger partial charge in [0.1, 0.15) is 0 Å². The van der Waals surface area contributed by atoms with Gasteiger partial charge in [0.25, 0.3) is 0 Å². The van der Waals surface area contributed by atoms with Crippen LogP contribution in [0.3, 0.4) is 0 Å². The molecule has 0 aromatic heterocycles. The molecule has 1 fully saturated rings. The summed E-state index contributed by atoms with van der Waals surface area (Å²) in [5.41, 5.74) is 5.87. The second-order valence-corrected chi connectivity index (χ2v) is 5.33. The van der Waals surface area contributed by atoms with E-state index < -0.39 is 18.1 Å². The van der Waals surface area contributed by atoms with Gasteiger partial charge in [-0.15, -0.1) is 12.4 Å². The van der Waals surface area contributed by atoms with Crippen molar-refractivity contribution in [1.29, 1.82) is 0 Å². The van der Waals surface area contributed by atoms with Gasteiger partial charge in [-0.05, 0) is 26.2 Å². The molecule has 0 radical (unpaired) electrons. The summed E-state index contributed by atoms with van der Waals surface area (Å²) in [6, 6.07) is -0.496. The lowest BCUT2D eigenvalue weighted by atomic mass is 9.84. The van der Waals surface area contributed by atoms with Crippen molar-refractivity contribution >= 4 is 18.4 Å². The van der Waals surface area contributed by atoms with Crippen LogP contribution in [0.2, 0.25) is 0 Å². The van der Waals surface area contributed by atoms with E-state index in [-0.39, 0.29) is 18.5 Å². The minimum atomic E-state index is -1.18. The number of rotatable bonds is 5. The van der Waals surface area contributed by atoms with Crippen LogP contribution in [0.15, 0.2) is 0 Å². The zero-order valence-electron chi connectivity index (χ0n) is 11.3. The predicted octanol–water partition coefficient (Wildman–Crippen LogP) is 2.02. The molecule has 1 saturated carbocycles. The number of aliphatic hydroxyl groups is 1. The molecule has 2 atom stereocenters. The van der Waals surface area contributed by atoms with Crippen molar-refractivity contribution in [2.24, 2.45) is 11.7 Å². The Hall–Kier alpha value is -0.320. The molecule has 1 aliphatic carbocycles. The molecule has 1 aliphatic rings. The van der Waals surface area contributed by atoms with Gasteiger partial charge in [-0.1, -0.05) is 32.1 Å². The lowest BCUT2D eigenvalue weighted by Gasteiger charge is -2.26. The molecule has 0 aromatic carbocycles. The standard InChI is InChI=1S/C13H25NO3.ClH/c1-9(2)17-13(16)12(15)11(14)8-10-6-4-3-5-7-10;/h9-12,15H,3-8,14H2,1-2H3;1H/t11-,12+;/m0./s1. The summed E-state index contributed by atoms with van der Waals surface area (Å²) in [5.74, 6) is -0.0384. The van der Waals surface area contributed by atoms with E-state index in [1.807, 2.05) is 0 Å². The van der Waals surface area contributed by atoms with E-state index in [0.29, 0.717) is 12.3 Å². The summed E-state index contributed by atoms with van der Waals surface area (Å²) in [7, 11) is 0. The van der Waals surface area contributed by atoms with Gasteiger partial charge in [-0.2, -0.15) is 0 Å². The summed E-state index contributed by atoms with van der Waals surface area (Å²) < 4.78 is 4.95. The van der Waals surface area contributed by atoms with Crippen molar-refractivity contribution in [3.05, 3.63) is 0 Å². The predicted molar refractivity (Wildman–Crippen MR) is 73.7 cm³/mol. The fourth-order valence-corrected chi connectivity index (χ4v) is 2.41. The third-order valence-electron chi connectivity index (χ3n) is 3.33. The third-order valence-corrected chi connectivity index (χ3v) is 3.33. The van der Waals surface area contributed by atoms with E-state index in [1.165, 1.54) is 32.1 Å². The van der Waals surface area contributed by atoms with Crippen molar-refractivity contribution < 1.29 is 14.6 Å². The van der Waals surface area contributed by atoms with Crippen molar-refractivity contribution in [3.8, 4) is 0 Å². The maximum absolute atomic E-state index is 11.5. The first-order valence-electron chi connectivity index (χ1n) is 6.65. The highest BCUT2D eigenvalue weighted by molar-refractivity contribution is 5.85. The SMILES string of the molecule is CC(C)OC(=O)[C@H](O)[C@@H](N)CC1CCCCC1.Cl. The lowest BCUT2D eigenvalue weighted by Crippen LogP contribution is -2.43. The van der Waals surface area contributed by atoms with Crippen molar-refractivity contribution in [2.75, 3.05) is 0 Å². The topological polar surface area (TPSA) is 72.5 Å². The number of aliphatic hydroxyl groups excluding tert-OH is 1. The van der Waals surface area contributed by atoms with E-state index in [9.17, 15) is 9.90 Å². The Morgan fingerprint density at radius 3 is 2.39 bits per heavy atom. The van der Waals surface area contributed by atoms with Crippen LogP contribution in [0.4, 0.5) is 0 Å². The fraction of sp³-hybridized carbons (Fsp3) is 0.923. The Balaban J connectivity index is 0.00000289. The molecular formula is C13H26ClNO3. The first-order chi connectivity index (χ1) is 8.00. The summed E-state index contributed by atoms with van der Waals surface area (Å²) in [5, 5.41) is 9.77. The Labute approximate surface area is 116 Å². The maximum Gasteiger partial charge on any atom is 0.336 e. The Kier molecular flexibility index (Phi) is 8.57. The third kappa shape index (κ3) is 6.03. The summed E-state index contributed by atoms with van der Waals surface area (Å²) in [6.45, 7) is 3.52. The fourth-order valence-electron chi connectivity index (χ4n) is 2.41. The van der Waals surface area contributed by atoms with Crippen LogP contribution < -0.4 is 5.73 Å². The highest BCUT2D eigenvalue weighted by Crippen LogP contribution is 2.27. The Bertz CT molecular complexity index is 242. The molecule has 0 aliphatic heterocycles. The number of nitrogens with two attached hydrogens (primary N) is 1. The molecule has 0 amide bonds. The van der Waals surface area contributed by atoms with Crippen molar-refractivity contribution in [3.63, 3.8) is 0 Å². The second-order valence-electron chi connectivity index (χ2n) is 5.33.